The number of amides is 4. The second-order valence-corrected chi connectivity index (χ2v) is 9.86. The van der Waals surface area contributed by atoms with Gasteiger partial charge in [-0.3, -0.25) is 33.4 Å². The number of carbonyl (C=O) groups excluding carboxylic acids is 5. The number of hydrogen-bond acceptors (Lipinski definition) is 7. The first-order valence-corrected chi connectivity index (χ1v) is 12.4. The highest BCUT2D eigenvalue weighted by Gasteiger charge is 2.51. The normalized spacial score (nSPS) is 25.6. The average Bonchev–Trinajstić information content (AvgIpc) is 3.62. The maximum Gasteiger partial charge on any atom is 0.522 e. The van der Waals surface area contributed by atoms with Crippen molar-refractivity contribution in [2.24, 2.45) is 24.8 Å². The molecule has 3 fully saturated rings. The van der Waals surface area contributed by atoms with Gasteiger partial charge in [-0.2, -0.15) is 5.10 Å². The molecule has 1 saturated carbocycles. The third kappa shape index (κ3) is 6.31. The quantitative estimate of drug-likeness (QED) is 0.394. The molecule has 12 nitrogen and oxygen atoms in total. The van der Waals surface area contributed by atoms with E-state index in [4.69, 9.17) is 0 Å². The highest BCUT2D eigenvalue weighted by atomic mass is 19.4. The molecule has 0 aromatic carbocycles. The zero-order chi connectivity index (χ0) is 27.6. The van der Waals surface area contributed by atoms with E-state index in [1.54, 1.807) is 13.2 Å². The number of Topliss-reactive ketones (excluding diaryl/α,β-unsaturated/α-hetero) is 1. The Morgan fingerprint density at radius 2 is 2.00 bits per heavy atom. The summed E-state index contributed by atoms with van der Waals surface area (Å²) in [5, 5.41) is 11.4. The number of likely N-dealkylation sites (tertiary alicyclic amines) is 1. The van der Waals surface area contributed by atoms with Crippen molar-refractivity contribution in [3.05, 3.63) is 12.3 Å². The van der Waals surface area contributed by atoms with Crippen molar-refractivity contribution >= 4 is 35.2 Å². The van der Waals surface area contributed by atoms with Gasteiger partial charge in [-0.05, 0) is 37.5 Å². The van der Waals surface area contributed by atoms with Crippen molar-refractivity contribution < 1.29 is 41.9 Å². The van der Waals surface area contributed by atoms with Crippen LogP contribution < -0.4 is 16.0 Å². The van der Waals surface area contributed by atoms with Crippen molar-refractivity contribution in [3.8, 4) is 0 Å². The standard InChI is InChI=1S/C23H29F3N6O6/c1-31-8-6-17(30-31)29-21(36)22(37)32-10-13-3-2-4-14(13)18(32)20(35)28-15(9-12-5-7-27-19(12)34)16(33)11-38-23(24,25)26/h6,8,12-15,18H,2-5,7,9-11H2,1H3,(H,27,34)(H,28,35)(H,29,30,36)/t12-,13-,14-,15?,18-/m0/s1. The second-order valence-electron chi connectivity index (χ2n) is 9.86. The van der Waals surface area contributed by atoms with Gasteiger partial charge in [0.25, 0.3) is 0 Å². The molecule has 15 heteroatoms. The van der Waals surface area contributed by atoms with Crippen molar-refractivity contribution in [2.75, 3.05) is 25.0 Å². The first-order valence-electron chi connectivity index (χ1n) is 12.4. The first kappa shape index (κ1) is 27.5. The van der Waals surface area contributed by atoms with Gasteiger partial charge < -0.3 is 20.9 Å². The summed E-state index contributed by atoms with van der Waals surface area (Å²) in [6.45, 7) is -0.843. The fraction of sp³-hybridized carbons (Fsp3) is 0.652. The number of hydrogen-bond donors (Lipinski definition) is 3. The summed E-state index contributed by atoms with van der Waals surface area (Å²) >= 11 is 0. The molecule has 38 heavy (non-hydrogen) atoms. The maximum atomic E-state index is 13.5. The van der Waals surface area contributed by atoms with Crippen LogP contribution >= 0.6 is 0 Å². The molecule has 1 aromatic heterocycles. The number of nitrogens with one attached hydrogen (secondary N) is 3. The van der Waals surface area contributed by atoms with Gasteiger partial charge in [0.1, 0.15) is 12.6 Å². The Balaban J connectivity index is 1.50. The van der Waals surface area contributed by atoms with Gasteiger partial charge in [0.2, 0.25) is 11.8 Å². The number of rotatable bonds is 8. The van der Waals surface area contributed by atoms with E-state index < -0.39 is 54.5 Å². The number of carbonyl (C=O) groups is 5. The van der Waals surface area contributed by atoms with Gasteiger partial charge in [0.05, 0.1) is 6.04 Å². The van der Waals surface area contributed by atoms with E-state index in [0.29, 0.717) is 19.4 Å². The van der Waals surface area contributed by atoms with Crippen LogP contribution in [0.25, 0.3) is 0 Å². The monoisotopic (exact) mass is 542 g/mol. The van der Waals surface area contributed by atoms with Gasteiger partial charge in [-0.15, -0.1) is 13.2 Å². The van der Waals surface area contributed by atoms with Gasteiger partial charge in [-0.1, -0.05) is 6.42 Å². The minimum Gasteiger partial charge on any atom is -0.356 e. The van der Waals surface area contributed by atoms with Gasteiger partial charge >= 0.3 is 18.2 Å². The van der Waals surface area contributed by atoms with E-state index in [1.807, 2.05) is 0 Å². The highest BCUT2D eigenvalue weighted by Crippen LogP contribution is 2.42. The molecule has 0 radical (unpaired) electrons. The molecule has 0 spiro atoms. The summed E-state index contributed by atoms with van der Waals surface area (Å²) in [6.07, 6.45) is -1.19. The third-order valence-electron chi connectivity index (χ3n) is 7.34. The van der Waals surface area contributed by atoms with E-state index in [2.05, 4.69) is 25.8 Å². The van der Waals surface area contributed by atoms with E-state index in [0.717, 1.165) is 17.7 Å². The van der Waals surface area contributed by atoms with Crippen LogP contribution in [0.4, 0.5) is 19.0 Å². The molecule has 2 aliphatic heterocycles. The molecule has 1 unspecified atom stereocenters. The highest BCUT2D eigenvalue weighted by molar-refractivity contribution is 6.39. The number of aryl methyl sites for hydroxylation is 1. The minimum absolute atomic E-state index is 0.0410. The number of alkyl halides is 3. The van der Waals surface area contributed by atoms with E-state index in [1.165, 1.54) is 10.7 Å². The molecule has 0 bridgehead atoms. The molecule has 3 heterocycles. The molecule has 3 aliphatic rings. The molecule has 1 aliphatic carbocycles. The largest absolute Gasteiger partial charge is 0.522 e. The van der Waals surface area contributed by atoms with Crippen molar-refractivity contribution in [2.45, 2.75) is 50.6 Å². The zero-order valence-corrected chi connectivity index (χ0v) is 20.6. The van der Waals surface area contributed by atoms with Crippen LogP contribution in [-0.2, 0) is 35.8 Å². The summed E-state index contributed by atoms with van der Waals surface area (Å²) in [7, 11) is 1.63. The molecule has 2 saturated heterocycles. The van der Waals surface area contributed by atoms with E-state index >= 15 is 0 Å². The zero-order valence-electron chi connectivity index (χ0n) is 20.6. The van der Waals surface area contributed by atoms with Crippen LogP contribution in [0, 0.1) is 17.8 Å². The lowest BCUT2D eigenvalue weighted by Gasteiger charge is -2.29. The second kappa shape index (κ2) is 11.1. The summed E-state index contributed by atoms with van der Waals surface area (Å²) in [5.41, 5.74) is 0. The number of halogens is 3. The summed E-state index contributed by atoms with van der Waals surface area (Å²) in [6, 6.07) is -1.05. The Morgan fingerprint density at radius 3 is 2.63 bits per heavy atom. The van der Waals surface area contributed by atoms with Crippen LogP contribution in [0.5, 0.6) is 0 Å². The Morgan fingerprint density at radius 1 is 1.24 bits per heavy atom. The Bertz CT molecular complexity index is 1110. The van der Waals surface area contributed by atoms with Crippen molar-refractivity contribution in [3.63, 3.8) is 0 Å². The molecule has 1 aromatic rings. The number of ketones is 1. The van der Waals surface area contributed by atoms with E-state index in [9.17, 15) is 37.1 Å². The van der Waals surface area contributed by atoms with Gasteiger partial charge in [0.15, 0.2) is 11.6 Å². The van der Waals surface area contributed by atoms with Crippen molar-refractivity contribution in [1.82, 2.24) is 25.3 Å². The van der Waals surface area contributed by atoms with Crippen LogP contribution in [0.2, 0.25) is 0 Å². The predicted molar refractivity (Wildman–Crippen MR) is 123 cm³/mol. The lowest BCUT2D eigenvalue weighted by molar-refractivity contribution is -0.321. The number of ether oxygens (including phenoxy) is 1. The first-order chi connectivity index (χ1) is 17.9. The van der Waals surface area contributed by atoms with Crippen molar-refractivity contribution in [1.29, 1.82) is 0 Å². The minimum atomic E-state index is -5.05. The van der Waals surface area contributed by atoms with E-state index in [-0.39, 0.29) is 36.5 Å². The molecular weight excluding hydrogens is 513 g/mol. The average molecular weight is 543 g/mol. The number of anilines is 1. The smallest absolute Gasteiger partial charge is 0.356 e. The number of nitrogens with zero attached hydrogens (tertiary/aromatic N) is 3. The van der Waals surface area contributed by atoms with Crippen LogP contribution in [0.1, 0.15) is 32.1 Å². The Hall–Kier alpha value is -3.49. The topological polar surface area (TPSA) is 152 Å². The molecule has 4 amide bonds. The summed E-state index contributed by atoms with van der Waals surface area (Å²) in [4.78, 5) is 65.1. The predicted octanol–water partition coefficient (Wildman–Crippen LogP) is 0.102. The molecule has 208 valence electrons. The Labute approximate surface area is 215 Å². The summed E-state index contributed by atoms with van der Waals surface area (Å²) in [5.74, 6) is -4.98. The number of fused-ring (bicyclic) bond motifs is 1. The molecular formula is C23H29F3N6O6. The van der Waals surface area contributed by atoms with Crippen LogP contribution in [0.3, 0.4) is 0 Å². The SMILES string of the molecule is Cn1ccc(NC(=O)C(=O)N2C[C@@H]3CCC[C@@H]3[C@H]2C(=O)NC(C[C@@H]2CCNC2=O)C(=O)COC(F)(F)F)n1. The van der Waals surface area contributed by atoms with Gasteiger partial charge in [-0.25, -0.2) is 0 Å². The lowest BCUT2D eigenvalue weighted by Crippen LogP contribution is -2.55. The molecule has 3 N–H and O–H groups in total. The fourth-order valence-electron chi connectivity index (χ4n) is 5.57. The third-order valence-corrected chi connectivity index (χ3v) is 7.34. The molecule has 4 rings (SSSR count). The van der Waals surface area contributed by atoms with Crippen LogP contribution in [0.15, 0.2) is 12.3 Å². The summed E-state index contributed by atoms with van der Waals surface area (Å²) < 4.78 is 42.8. The van der Waals surface area contributed by atoms with Gasteiger partial charge in [0, 0.05) is 38.3 Å². The number of aromatic nitrogens is 2. The Kier molecular flexibility index (Phi) is 8.04. The lowest BCUT2D eigenvalue weighted by atomic mass is 9.92. The maximum absolute atomic E-state index is 13.5. The molecule has 5 atom stereocenters. The van der Waals surface area contributed by atoms with Crippen LogP contribution in [-0.4, -0.2) is 82.2 Å². The fourth-order valence-corrected chi connectivity index (χ4v) is 5.57.